The van der Waals surface area contributed by atoms with Crippen molar-refractivity contribution in [2.75, 3.05) is 13.1 Å². The van der Waals surface area contributed by atoms with Crippen LogP contribution in [0.2, 0.25) is 0 Å². The summed E-state index contributed by atoms with van der Waals surface area (Å²) >= 11 is 0. The Kier molecular flexibility index (Phi) is 5.70. The monoisotopic (exact) mass is 386 g/mol. The van der Waals surface area contributed by atoms with E-state index in [0.29, 0.717) is 30.2 Å². The van der Waals surface area contributed by atoms with Gasteiger partial charge in [0.25, 0.3) is 0 Å². The van der Waals surface area contributed by atoms with E-state index in [1.807, 2.05) is 43.7 Å². The van der Waals surface area contributed by atoms with Crippen molar-refractivity contribution in [1.82, 2.24) is 14.2 Å². The van der Waals surface area contributed by atoms with E-state index in [9.17, 15) is 8.42 Å². The highest BCUT2D eigenvalue weighted by molar-refractivity contribution is 7.89. The van der Waals surface area contributed by atoms with Crippen LogP contribution in [0.3, 0.4) is 0 Å². The van der Waals surface area contributed by atoms with Crippen molar-refractivity contribution >= 4 is 10.0 Å². The fourth-order valence-electron chi connectivity index (χ4n) is 3.46. The van der Waals surface area contributed by atoms with E-state index in [1.54, 1.807) is 16.4 Å². The quantitative estimate of drug-likeness (QED) is 0.856. The molecule has 144 valence electrons. The molecule has 1 aromatic carbocycles. The molecule has 7 heteroatoms. The number of aromatic nitrogens is 1. The van der Waals surface area contributed by atoms with Crippen LogP contribution in [-0.2, 0) is 23.6 Å². The van der Waals surface area contributed by atoms with Crippen LogP contribution in [0.5, 0.6) is 0 Å². The number of hydrogen-bond acceptors (Lipinski definition) is 4. The van der Waals surface area contributed by atoms with E-state index >= 15 is 0 Å². The van der Waals surface area contributed by atoms with Crippen LogP contribution in [0.1, 0.15) is 35.4 Å². The van der Waals surface area contributed by atoms with Gasteiger partial charge in [-0.25, -0.2) is 8.42 Å². The molecule has 0 spiro atoms. The molecule has 6 nitrogen and oxygen atoms in total. The van der Waals surface area contributed by atoms with E-state index in [0.717, 1.165) is 29.7 Å². The number of nitriles is 1. The lowest BCUT2D eigenvalue weighted by Crippen LogP contribution is -2.44. The number of sulfonamides is 1. The minimum atomic E-state index is -3.42. The molecule has 0 unspecified atom stereocenters. The van der Waals surface area contributed by atoms with E-state index in [4.69, 9.17) is 5.26 Å². The van der Waals surface area contributed by atoms with E-state index in [1.165, 1.54) is 0 Å². The molecule has 1 aliphatic rings. The molecule has 1 fully saturated rings. The maximum atomic E-state index is 12.8. The van der Waals surface area contributed by atoms with Crippen LogP contribution >= 0.6 is 0 Å². The van der Waals surface area contributed by atoms with Crippen molar-refractivity contribution in [2.24, 2.45) is 7.05 Å². The first kappa shape index (κ1) is 19.6. The zero-order valence-electron chi connectivity index (χ0n) is 16.1. The average Bonchev–Trinajstić information content (AvgIpc) is 2.95. The summed E-state index contributed by atoms with van der Waals surface area (Å²) in [6.45, 7) is 5.68. The fraction of sp³-hybridized carbons (Fsp3) is 0.450. The van der Waals surface area contributed by atoms with Gasteiger partial charge in [-0.2, -0.15) is 9.57 Å². The third-order valence-corrected chi connectivity index (χ3v) is 7.36. The zero-order chi connectivity index (χ0) is 19.6. The van der Waals surface area contributed by atoms with Crippen molar-refractivity contribution in [3.05, 3.63) is 52.8 Å². The Balaban J connectivity index is 1.58. The first-order valence-electron chi connectivity index (χ1n) is 9.18. The van der Waals surface area contributed by atoms with E-state index in [2.05, 4.69) is 11.4 Å². The molecule has 2 heterocycles. The molecular formula is C20H26N4O2S. The lowest BCUT2D eigenvalue weighted by molar-refractivity contribution is 0.288. The Morgan fingerprint density at radius 1 is 1.19 bits per heavy atom. The zero-order valence-corrected chi connectivity index (χ0v) is 16.9. The smallest absolute Gasteiger partial charge is 0.243 e. The standard InChI is InChI=1S/C20H26N4O2S/c1-15-4-6-20(7-5-15)27(25,26)24-10-8-18(9-11-24)22-14-17-12-19(13-21)23(3)16(17)2/h4-7,12,18,22H,8-11,14H2,1-3H3. The van der Waals surface area contributed by atoms with Gasteiger partial charge in [0.15, 0.2) is 0 Å². The molecule has 2 aromatic rings. The molecule has 27 heavy (non-hydrogen) atoms. The Morgan fingerprint density at radius 2 is 1.81 bits per heavy atom. The van der Waals surface area contributed by atoms with E-state index in [-0.39, 0.29) is 6.04 Å². The second kappa shape index (κ2) is 7.85. The third-order valence-electron chi connectivity index (χ3n) is 5.45. The molecule has 1 aromatic heterocycles. The van der Waals surface area contributed by atoms with Gasteiger partial charge in [-0.1, -0.05) is 17.7 Å². The molecule has 0 amide bonds. The normalized spacial score (nSPS) is 16.4. The summed E-state index contributed by atoms with van der Waals surface area (Å²) in [5, 5.41) is 12.7. The molecule has 1 N–H and O–H groups in total. The maximum absolute atomic E-state index is 12.8. The summed E-state index contributed by atoms with van der Waals surface area (Å²) < 4.78 is 29.0. The number of benzene rings is 1. The number of aryl methyl sites for hydroxylation is 1. The number of piperidine rings is 1. The third kappa shape index (κ3) is 4.08. The maximum Gasteiger partial charge on any atom is 0.243 e. The lowest BCUT2D eigenvalue weighted by atomic mass is 10.1. The van der Waals surface area contributed by atoms with Gasteiger partial charge in [-0.3, -0.25) is 0 Å². The number of nitrogens with one attached hydrogen (secondary N) is 1. The first-order chi connectivity index (χ1) is 12.8. The molecular weight excluding hydrogens is 360 g/mol. The van der Waals surface area contributed by atoms with Gasteiger partial charge in [0, 0.05) is 38.4 Å². The van der Waals surface area contributed by atoms with Crippen LogP contribution in [0, 0.1) is 25.2 Å². The number of rotatable bonds is 5. The molecule has 0 radical (unpaired) electrons. The Labute approximate surface area is 161 Å². The minimum Gasteiger partial charge on any atom is -0.340 e. The van der Waals surface area contributed by atoms with Gasteiger partial charge >= 0.3 is 0 Å². The van der Waals surface area contributed by atoms with Crippen LogP contribution in [-0.4, -0.2) is 36.4 Å². The summed E-state index contributed by atoms with van der Waals surface area (Å²) in [5.41, 5.74) is 3.90. The van der Waals surface area contributed by atoms with Crippen LogP contribution < -0.4 is 5.32 Å². The molecule has 0 aliphatic carbocycles. The lowest BCUT2D eigenvalue weighted by Gasteiger charge is -2.31. The molecule has 0 bridgehead atoms. The average molecular weight is 387 g/mol. The highest BCUT2D eigenvalue weighted by Crippen LogP contribution is 2.22. The molecule has 1 saturated heterocycles. The molecule has 0 atom stereocenters. The SMILES string of the molecule is Cc1ccc(S(=O)(=O)N2CCC(NCc3cc(C#N)n(C)c3C)CC2)cc1. The Morgan fingerprint density at radius 3 is 2.37 bits per heavy atom. The fourth-order valence-corrected chi connectivity index (χ4v) is 4.93. The van der Waals surface area contributed by atoms with Crippen LogP contribution in [0.15, 0.2) is 35.2 Å². The second-order valence-electron chi connectivity index (χ2n) is 7.18. The summed E-state index contributed by atoms with van der Waals surface area (Å²) in [7, 11) is -1.52. The highest BCUT2D eigenvalue weighted by atomic mass is 32.2. The van der Waals surface area contributed by atoms with Gasteiger partial charge in [0.05, 0.1) is 4.90 Å². The van der Waals surface area contributed by atoms with Crippen molar-refractivity contribution in [3.63, 3.8) is 0 Å². The second-order valence-corrected chi connectivity index (χ2v) is 9.12. The first-order valence-corrected chi connectivity index (χ1v) is 10.6. The van der Waals surface area contributed by atoms with Crippen molar-refractivity contribution in [2.45, 2.75) is 44.2 Å². The minimum absolute atomic E-state index is 0.277. The van der Waals surface area contributed by atoms with Crippen molar-refractivity contribution in [3.8, 4) is 6.07 Å². The van der Waals surface area contributed by atoms with Gasteiger partial charge in [-0.05, 0) is 50.5 Å². The molecule has 3 rings (SSSR count). The van der Waals surface area contributed by atoms with Gasteiger partial charge in [0.1, 0.15) is 11.8 Å². The summed E-state index contributed by atoms with van der Waals surface area (Å²) in [4.78, 5) is 0.364. The Bertz CT molecular complexity index is 947. The highest BCUT2D eigenvalue weighted by Gasteiger charge is 2.29. The summed E-state index contributed by atoms with van der Waals surface area (Å²) in [5.74, 6) is 0. The van der Waals surface area contributed by atoms with Crippen LogP contribution in [0.4, 0.5) is 0 Å². The van der Waals surface area contributed by atoms with Gasteiger partial charge < -0.3 is 9.88 Å². The predicted octanol–water partition coefficient (Wildman–Crippen LogP) is 2.46. The number of nitrogens with zero attached hydrogens (tertiary/aromatic N) is 3. The number of hydrogen-bond donors (Lipinski definition) is 1. The van der Waals surface area contributed by atoms with Crippen LogP contribution in [0.25, 0.3) is 0 Å². The van der Waals surface area contributed by atoms with Crippen molar-refractivity contribution < 1.29 is 8.42 Å². The van der Waals surface area contributed by atoms with Crippen molar-refractivity contribution in [1.29, 1.82) is 5.26 Å². The van der Waals surface area contributed by atoms with Gasteiger partial charge in [-0.15, -0.1) is 0 Å². The van der Waals surface area contributed by atoms with E-state index < -0.39 is 10.0 Å². The summed E-state index contributed by atoms with van der Waals surface area (Å²) in [6, 6.07) is 11.4. The molecule has 1 aliphatic heterocycles. The summed E-state index contributed by atoms with van der Waals surface area (Å²) in [6.07, 6.45) is 1.56. The largest absolute Gasteiger partial charge is 0.340 e. The topological polar surface area (TPSA) is 78.1 Å². The predicted molar refractivity (Wildman–Crippen MR) is 105 cm³/mol. The molecule has 0 saturated carbocycles. The Hall–Kier alpha value is -2.14. The van der Waals surface area contributed by atoms with Gasteiger partial charge in [0.2, 0.25) is 10.0 Å².